The highest BCUT2D eigenvalue weighted by Crippen LogP contribution is 2.45. The molecule has 1 atom stereocenters. The molecule has 2 aliphatic rings. The number of aromatic nitrogens is 2. The van der Waals surface area contributed by atoms with Crippen molar-refractivity contribution in [1.29, 1.82) is 0 Å². The summed E-state index contributed by atoms with van der Waals surface area (Å²) in [6, 6.07) is 20.6. The minimum atomic E-state index is -0.425. The summed E-state index contributed by atoms with van der Waals surface area (Å²) < 4.78 is 7.28. The van der Waals surface area contributed by atoms with Crippen molar-refractivity contribution in [3.8, 4) is 0 Å². The van der Waals surface area contributed by atoms with Crippen LogP contribution >= 0.6 is 0 Å². The van der Waals surface area contributed by atoms with Crippen molar-refractivity contribution in [1.82, 2.24) is 19.4 Å². The molecule has 0 bridgehead atoms. The Balaban J connectivity index is 1.54. The van der Waals surface area contributed by atoms with Gasteiger partial charge in [0.05, 0.1) is 18.1 Å². The first-order valence-corrected chi connectivity index (χ1v) is 14.9. The molecule has 1 saturated heterocycles. The van der Waals surface area contributed by atoms with E-state index in [4.69, 9.17) is 9.72 Å². The van der Waals surface area contributed by atoms with Gasteiger partial charge in [-0.3, -0.25) is 9.47 Å². The number of nitrogens with one attached hydrogen (secondary N) is 1. The highest BCUT2D eigenvalue weighted by atomic mass is 16.5. The molecule has 3 heterocycles. The number of allylic oxidation sites excluding steroid dienone is 1. The molecular weight excluding hydrogens is 528 g/mol. The maximum absolute atomic E-state index is 13.6. The Bertz CT molecular complexity index is 1460. The Labute approximate surface area is 248 Å². The zero-order valence-corrected chi connectivity index (χ0v) is 25.2. The molecule has 2 aliphatic heterocycles. The monoisotopic (exact) mass is 570 g/mol. The van der Waals surface area contributed by atoms with Crippen molar-refractivity contribution < 1.29 is 9.53 Å². The number of rotatable bonds is 10. The third kappa shape index (κ3) is 6.42. The van der Waals surface area contributed by atoms with Gasteiger partial charge in [-0.2, -0.15) is 4.98 Å². The lowest BCUT2D eigenvalue weighted by Crippen LogP contribution is -2.48. The minimum absolute atomic E-state index is 0.280. The molecular formula is C33H42N6O3. The smallest absolute Gasteiger partial charge is 0.351 e. The van der Waals surface area contributed by atoms with Crippen LogP contribution in [0.5, 0.6) is 0 Å². The van der Waals surface area contributed by atoms with Crippen LogP contribution in [0.3, 0.4) is 0 Å². The standard InChI is InChI=1S/C33H42N6O3/c1-5-42-32(40)27-24(2)34-31-29(28(27)26-14-10-7-11-15-26)30(35-33(41)39(31)23-18-36(3)4)38-21-19-37(20-22-38)17-16-25-12-8-6-9-13-25/h6-15,28,34H,5,16-23H2,1-4H3. The summed E-state index contributed by atoms with van der Waals surface area (Å²) in [4.78, 5) is 38.5. The number of carbonyl (C=O) groups excluding carboxylic acids is 1. The van der Waals surface area contributed by atoms with Gasteiger partial charge < -0.3 is 19.9 Å². The second-order valence-corrected chi connectivity index (χ2v) is 11.2. The average molecular weight is 571 g/mol. The van der Waals surface area contributed by atoms with Gasteiger partial charge in [0.1, 0.15) is 11.6 Å². The van der Waals surface area contributed by atoms with E-state index >= 15 is 0 Å². The summed E-state index contributed by atoms with van der Waals surface area (Å²) in [5.74, 6) is 0.572. The molecule has 0 spiro atoms. The fourth-order valence-electron chi connectivity index (χ4n) is 5.89. The maximum atomic E-state index is 13.6. The minimum Gasteiger partial charge on any atom is -0.463 e. The molecule has 0 saturated carbocycles. The maximum Gasteiger partial charge on any atom is 0.351 e. The van der Waals surface area contributed by atoms with E-state index in [9.17, 15) is 9.59 Å². The van der Waals surface area contributed by atoms with Crippen molar-refractivity contribution in [2.24, 2.45) is 0 Å². The topological polar surface area (TPSA) is 82.9 Å². The van der Waals surface area contributed by atoms with Crippen LogP contribution in [0.1, 0.15) is 36.5 Å². The van der Waals surface area contributed by atoms with E-state index in [0.29, 0.717) is 36.0 Å². The molecule has 1 aromatic heterocycles. The molecule has 0 aliphatic carbocycles. The van der Waals surface area contributed by atoms with Crippen molar-refractivity contribution in [3.63, 3.8) is 0 Å². The molecule has 1 N–H and O–H groups in total. The number of hydrogen-bond acceptors (Lipinski definition) is 8. The van der Waals surface area contributed by atoms with E-state index in [1.807, 2.05) is 69.2 Å². The molecule has 3 aromatic rings. The summed E-state index contributed by atoms with van der Waals surface area (Å²) in [6.07, 6.45) is 1.00. The number of benzene rings is 2. The Morgan fingerprint density at radius 2 is 1.67 bits per heavy atom. The highest BCUT2D eigenvalue weighted by molar-refractivity contribution is 5.95. The molecule has 0 radical (unpaired) electrons. The van der Waals surface area contributed by atoms with E-state index in [1.165, 1.54) is 5.56 Å². The summed E-state index contributed by atoms with van der Waals surface area (Å²) in [5, 5.41) is 3.46. The van der Waals surface area contributed by atoms with Crippen LogP contribution in [0.4, 0.5) is 11.6 Å². The van der Waals surface area contributed by atoms with Gasteiger partial charge >= 0.3 is 11.7 Å². The lowest BCUT2D eigenvalue weighted by atomic mass is 9.81. The van der Waals surface area contributed by atoms with Crippen molar-refractivity contribution >= 4 is 17.6 Å². The van der Waals surface area contributed by atoms with E-state index in [2.05, 4.69) is 39.4 Å². The first kappa shape index (κ1) is 29.5. The lowest BCUT2D eigenvalue weighted by molar-refractivity contribution is -0.138. The first-order valence-electron chi connectivity index (χ1n) is 14.9. The number of nitrogens with zero attached hydrogens (tertiary/aromatic N) is 5. The fraction of sp³-hybridized carbons (Fsp3) is 0.424. The molecule has 222 valence electrons. The fourth-order valence-corrected chi connectivity index (χ4v) is 5.89. The molecule has 5 rings (SSSR count). The zero-order chi connectivity index (χ0) is 29.6. The number of likely N-dealkylation sites (N-methyl/N-ethyl adjacent to an activating group) is 1. The molecule has 9 nitrogen and oxygen atoms in total. The second kappa shape index (κ2) is 13.4. The summed E-state index contributed by atoms with van der Waals surface area (Å²) in [5.41, 5.74) is 4.11. The van der Waals surface area contributed by atoms with Crippen LogP contribution in [-0.4, -0.2) is 85.3 Å². The van der Waals surface area contributed by atoms with Gasteiger partial charge in [-0.15, -0.1) is 0 Å². The Morgan fingerprint density at radius 1 is 1.00 bits per heavy atom. The zero-order valence-electron chi connectivity index (χ0n) is 25.2. The van der Waals surface area contributed by atoms with E-state index < -0.39 is 5.92 Å². The summed E-state index contributed by atoms with van der Waals surface area (Å²) >= 11 is 0. The summed E-state index contributed by atoms with van der Waals surface area (Å²) in [7, 11) is 3.97. The van der Waals surface area contributed by atoms with E-state index in [0.717, 1.165) is 50.3 Å². The van der Waals surface area contributed by atoms with Crippen molar-refractivity contribution in [2.45, 2.75) is 32.7 Å². The number of hydrogen-bond donors (Lipinski definition) is 1. The van der Waals surface area contributed by atoms with Gasteiger partial charge in [0.15, 0.2) is 0 Å². The Hall–Kier alpha value is -3.95. The van der Waals surface area contributed by atoms with Gasteiger partial charge in [-0.25, -0.2) is 9.59 Å². The predicted octanol–water partition coefficient (Wildman–Crippen LogP) is 3.56. The number of piperazine rings is 1. The molecule has 2 aromatic carbocycles. The van der Waals surface area contributed by atoms with Crippen LogP contribution < -0.4 is 15.9 Å². The average Bonchev–Trinajstić information content (AvgIpc) is 3.00. The Kier molecular flexibility index (Phi) is 9.39. The number of ether oxygens (including phenoxy) is 1. The second-order valence-electron chi connectivity index (χ2n) is 11.2. The van der Waals surface area contributed by atoms with Gasteiger partial charge in [-0.05, 0) is 45.5 Å². The van der Waals surface area contributed by atoms with Crippen LogP contribution in [-0.2, 0) is 22.5 Å². The molecule has 1 fully saturated rings. The third-order valence-electron chi connectivity index (χ3n) is 8.12. The van der Waals surface area contributed by atoms with Crippen molar-refractivity contribution in [3.05, 3.63) is 99.1 Å². The number of fused-ring (bicyclic) bond motifs is 1. The number of anilines is 2. The summed E-state index contributed by atoms with van der Waals surface area (Å²) in [6.45, 7) is 9.36. The van der Waals surface area contributed by atoms with Crippen LogP contribution in [0.2, 0.25) is 0 Å². The molecule has 42 heavy (non-hydrogen) atoms. The quantitative estimate of drug-likeness (QED) is 0.371. The van der Waals surface area contributed by atoms with E-state index in [-0.39, 0.29) is 18.3 Å². The van der Waals surface area contributed by atoms with Crippen LogP contribution in [0, 0.1) is 0 Å². The van der Waals surface area contributed by atoms with Gasteiger partial charge in [-0.1, -0.05) is 60.7 Å². The van der Waals surface area contributed by atoms with Gasteiger partial charge in [0, 0.05) is 57.1 Å². The largest absolute Gasteiger partial charge is 0.463 e. The number of esters is 1. The SMILES string of the molecule is CCOC(=O)C1=C(C)Nc2c(c(N3CCN(CCc4ccccc4)CC3)nc(=O)n2CCN(C)C)C1c1ccccc1. The molecule has 9 heteroatoms. The Morgan fingerprint density at radius 3 is 2.31 bits per heavy atom. The van der Waals surface area contributed by atoms with Gasteiger partial charge in [0.2, 0.25) is 0 Å². The van der Waals surface area contributed by atoms with Crippen LogP contribution in [0.25, 0.3) is 0 Å². The van der Waals surface area contributed by atoms with Crippen molar-refractivity contribution in [2.75, 3.05) is 70.2 Å². The van der Waals surface area contributed by atoms with E-state index in [1.54, 1.807) is 4.57 Å². The van der Waals surface area contributed by atoms with Gasteiger partial charge in [0.25, 0.3) is 0 Å². The third-order valence-corrected chi connectivity index (χ3v) is 8.12. The molecule has 0 amide bonds. The normalized spacial score (nSPS) is 17.3. The van der Waals surface area contributed by atoms with Crippen LogP contribution in [0.15, 0.2) is 76.7 Å². The predicted molar refractivity (Wildman–Crippen MR) is 167 cm³/mol. The highest BCUT2D eigenvalue weighted by Gasteiger charge is 2.39. The lowest BCUT2D eigenvalue weighted by Gasteiger charge is -2.39. The number of carbonyl (C=O) groups is 1. The molecule has 1 unspecified atom stereocenters. The first-order chi connectivity index (χ1) is 20.4.